The lowest BCUT2D eigenvalue weighted by Gasteiger charge is -2.28. The Kier molecular flexibility index (Phi) is 6.27. The zero-order valence-corrected chi connectivity index (χ0v) is 15.9. The van der Waals surface area contributed by atoms with Crippen molar-refractivity contribution >= 4 is 23.8 Å². The number of carbonyl (C=O) groups is 4. The molecule has 0 atom stereocenters. The van der Waals surface area contributed by atoms with Crippen LogP contribution in [0.1, 0.15) is 38.4 Å². The van der Waals surface area contributed by atoms with Crippen LogP contribution in [0.3, 0.4) is 0 Å². The molecule has 2 fully saturated rings. The van der Waals surface area contributed by atoms with E-state index in [4.69, 9.17) is 0 Å². The van der Waals surface area contributed by atoms with Gasteiger partial charge in [-0.3, -0.25) is 19.3 Å². The van der Waals surface area contributed by atoms with E-state index in [1.807, 2.05) is 17.7 Å². The molecule has 5 amide bonds. The first-order valence-corrected chi connectivity index (χ1v) is 9.63. The van der Waals surface area contributed by atoms with Crippen molar-refractivity contribution in [2.75, 3.05) is 13.1 Å². The van der Waals surface area contributed by atoms with E-state index in [2.05, 4.69) is 20.9 Å². The number of imide groups is 1. The summed E-state index contributed by atoms with van der Waals surface area (Å²) < 4.78 is 1.98. The average molecular weight is 390 g/mol. The van der Waals surface area contributed by atoms with Gasteiger partial charge in [-0.05, 0) is 32.6 Å². The zero-order valence-electron chi connectivity index (χ0n) is 15.9. The van der Waals surface area contributed by atoms with Gasteiger partial charge in [0.25, 0.3) is 5.91 Å². The molecule has 2 heterocycles. The van der Waals surface area contributed by atoms with Crippen molar-refractivity contribution in [1.82, 2.24) is 30.4 Å². The second-order valence-electron chi connectivity index (χ2n) is 7.10. The van der Waals surface area contributed by atoms with Crippen LogP contribution in [0.15, 0.2) is 12.4 Å². The van der Waals surface area contributed by atoms with Crippen LogP contribution in [0, 0.1) is 5.92 Å². The fourth-order valence-corrected chi connectivity index (χ4v) is 3.64. The van der Waals surface area contributed by atoms with E-state index in [0.717, 1.165) is 17.3 Å². The molecule has 0 aromatic carbocycles. The minimum absolute atomic E-state index is 0.00904. The standard InChI is InChI=1S/C18H26N6O4/c1-2-23-8-7-19-14(23)9-20-17(27)12-3-5-13(6-4-12)22-15(25)11-24-16(26)10-21-18(24)28/h7-8,12-13H,2-6,9-11H2,1H3,(H,20,27)(H,21,28)(H,22,25). The van der Waals surface area contributed by atoms with Crippen LogP contribution in [0.4, 0.5) is 4.79 Å². The highest BCUT2D eigenvalue weighted by atomic mass is 16.2. The van der Waals surface area contributed by atoms with Crippen LogP contribution >= 0.6 is 0 Å². The van der Waals surface area contributed by atoms with Gasteiger partial charge in [0, 0.05) is 30.9 Å². The number of aromatic nitrogens is 2. The SMILES string of the molecule is CCn1ccnc1CNC(=O)C1CCC(NC(=O)CN2C(=O)CNC2=O)CC1. The Bertz CT molecular complexity index is 737. The second kappa shape index (κ2) is 8.85. The fraction of sp³-hybridized carbons (Fsp3) is 0.611. The molecule has 10 nitrogen and oxygen atoms in total. The van der Waals surface area contributed by atoms with E-state index in [0.29, 0.717) is 32.2 Å². The molecule has 2 aliphatic rings. The highest BCUT2D eigenvalue weighted by Crippen LogP contribution is 2.24. The Labute approximate surface area is 163 Å². The molecule has 10 heteroatoms. The van der Waals surface area contributed by atoms with Crippen LogP contribution in [-0.4, -0.2) is 57.3 Å². The van der Waals surface area contributed by atoms with Gasteiger partial charge >= 0.3 is 6.03 Å². The molecule has 0 unspecified atom stereocenters. The number of nitrogens with zero attached hydrogens (tertiary/aromatic N) is 3. The van der Waals surface area contributed by atoms with E-state index in [1.165, 1.54) is 0 Å². The van der Waals surface area contributed by atoms with Crippen molar-refractivity contribution in [1.29, 1.82) is 0 Å². The molecule has 28 heavy (non-hydrogen) atoms. The number of rotatable bonds is 7. The Morgan fingerprint density at radius 3 is 2.64 bits per heavy atom. The Morgan fingerprint density at radius 1 is 1.25 bits per heavy atom. The van der Waals surface area contributed by atoms with Crippen molar-refractivity contribution in [3.63, 3.8) is 0 Å². The molecule has 1 saturated heterocycles. The van der Waals surface area contributed by atoms with Gasteiger partial charge in [0.2, 0.25) is 11.8 Å². The molecule has 1 aromatic heterocycles. The van der Waals surface area contributed by atoms with Crippen LogP contribution in [0.5, 0.6) is 0 Å². The van der Waals surface area contributed by atoms with Gasteiger partial charge in [0.05, 0.1) is 13.1 Å². The summed E-state index contributed by atoms with van der Waals surface area (Å²) in [6, 6.07) is -0.583. The summed E-state index contributed by atoms with van der Waals surface area (Å²) in [6.45, 7) is 2.90. The molecule has 3 rings (SSSR count). The van der Waals surface area contributed by atoms with Crippen LogP contribution in [-0.2, 0) is 27.5 Å². The van der Waals surface area contributed by atoms with Crippen molar-refractivity contribution in [3.05, 3.63) is 18.2 Å². The minimum atomic E-state index is -0.538. The maximum atomic E-state index is 12.4. The number of carbonyl (C=O) groups excluding carboxylic acids is 4. The van der Waals surface area contributed by atoms with Crippen LogP contribution < -0.4 is 16.0 Å². The number of imidazole rings is 1. The largest absolute Gasteiger partial charge is 0.352 e. The van der Waals surface area contributed by atoms with Gasteiger partial charge in [0.1, 0.15) is 12.4 Å². The number of urea groups is 1. The van der Waals surface area contributed by atoms with Gasteiger partial charge in [-0.15, -0.1) is 0 Å². The van der Waals surface area contributed by atoms with E-state index in [-0.39, 0.29) is 36.9 Å². The summed E-state index contributed by atoms with van der Waals surface area (Å²) in [4.78, 5) is 52.7. The Morgan fingerprint density at radius 2 is 2.00 bits per heavy atom. The number of hydrogen-bond donors (Lipinski definition) is 3. The average Bonchev–Trinajstić information content (AvgIpc) is 3.28. The van der Waals surface area contributed by atoms with Gasteiger partial charge in [-0.2, -0.15) is 0 Å². The lowest BCUT2D eigenvalue weighted by molar-refractivity contribution is -0.131. The fourth-order valence-electron chi connectivity index (χ4n) is 3.64. The maximum absolute atomic E-state index is 12.4. The first kappa shape index (κ1) is 19.8. The lowest BCUT2D eigenvalue weighted by Crippen LogP contribution is -2.46. The van der Waals surface area contributed by atoms with Gasteiger partial charge in [-0.1, -0.05) is 0 Å². The summed E-state index contributed by atoms with van der Waals surface area (Å²) >= 11 is 0. The van der Waals surface area contributed by atoms with Crippen LogP contribution in [0.2, 0.25) is 0 Å². The molecule has 1 aliphatic carbocycles. The Hall–Kier alpha value is -2.91. The molecule has 1 aromatic rings. The maximum Gasteiger partial charge on any atom is 0.325 e. The van der Waals surface area contributed by atoms with Gasteiger partial charge in [-0.25, -0.2) is 9.78 Å². The van der Waals surface area contributed by atoms with E-state index in [9.17, 15) is 19.2 Å². The van der Waals surface area contributed by atoms with Crippen LogP contribution in [0.25, 0.3) is 0 Å². The van der Waals surface area contributed by atoms with Crippen molar-refractivity contribution in [3.8, 4) is 0 Å². The summed E-state index contributed by atoms with van der Waals surface area (Å²) in [5.41, 5.74) is 0. The topological polar surface area (TPSA) is 125 Å². The molecule has 1 saturated carbocycles. The van der Waals surface area contributed by atoms with Crippen molar-refractivity contribution in [2.24, 2.45) is 5.92 Å². The quantitative estimate of drug-likeness (QED) is 0.554. The van der Waals surface area contributed by atoms with E-state index in [1.54, 1.807) is 6.20 Å². The molecular formula is C18H26N6O4. The second-order valence-corrected chi connectivity index (χ2v) is 7.10. The monoisotopic (exact) mass is 390 g/mol. The smallest absolute Gasteiger partial charge is 0.325 e. The highest BCUT2D eigenvalue weighted by Gasteiger charge is 2.32. The first-order chi connectivity index (χ1) is 13.5. The summed E-state index contributed by atoms with van der Waals surface area (Å²) in [5.74, 6) is 0.00475. The molecule has 0 bridgehead atoms. The summed E-state index contributed by atoms with van der Waals surface area (Å²) in [6.07, 6.45) is 6.35. The van der Waals surface area contributed by atoms with E-state index < -0.39 is 11.9 Å². The zero-order chi connectivity index (χ0) is 20.1. The number of hydrogen-bond acceptors (Lipinski definition) is 5. The van der Waals surface area contributed by atoms with Gasteiger partial charge in [0.15, 0.2) is 0 Å². The minimum Gasteiger partial charge on any atom is -0.352 e. The van der Waals surface area contributed by atoms with Gasteiger partial charge < -0.3 is 20.5 Å². The molecule has 0 radical (unpaired) electrons. The molecular weight excluding hydrogens is 364 g/mol. The molecule has 152 valence electrons. The third kappa shape index (κ3) is 4.68. The summed E-state index contributed by atoms with van der Waals surface area (Å²) in [5, 5.41) is 8.19. The molecule has 0 spiro atoms. The van der Waals surface area contributed by atoms with Crippen molar-refractivity contribution < 1.29 is 19.2 Å². The predicted molar refractivity (Wildman–Crippen MR) is 98.7 cm³/mol. The van der Waals surface area contributed by atoms with Crippen molar-refractivity contribution in [2.45, 2.75) is 51.7 Å². The third-order valence-corrected chi connectivity index (χ3v) is 5.26. The first-order valence-electron chi connectivity index (χ1n) is 9.63. The lowest BCUT2D eigenvalue weighted by atomic mass is 9.85. The normalized spacial score (nSPS) is 22.1. The number of amides is 5. The summed E-state index contributed by atoms with van der Waals surface area (Å²) in [7, 11) is 0. The third-order valence-electron chi connectivity index (χ3n) is 5.26. The highest BCUT2D eigenvalue weighted by molar-refractivity contribution is 6.04. The molecule has 3 N–H and O–H groups in total. The number of aryl methyl sites for hydroxylation is 1. The number of nitrogens with one attached hydrogen (secondary N) is 3. The predicted octanol–water partition coefficient (Wildman–Crippen LogP) is -0.254. The molecule has 1 aliphatic heterocycles. The Balaban J connectivity index is 1.39. The van der Waals surface area contributed by atoms with E-state index >= 15 is 0 Å².